The number of benzene rings is 1. The minimum Gasteiger partial charge on any atom is -0.317 e. The molecule has 1 heterocycles. The maximum Gasteiger partial charge on any atom is 0.275 e. The van der Waals surface area contributed by atoms with Gasteiger partial charge in [-0.1, -0.05) is 34.8 Å². The minimum absolute atomic E-state index is 0.0329. The van der Waals surface area contributed by atoms with Gasteiger partial charge in [0.25, 0.3) is 5.91 Å². The van der Waals surface area contributed by atoms with Crippen molar-refractivity contribution in [3.8, 4) is 0 Å². The van der Waals surface area contributed by atoms with Crippen LogP contribution in [0.4, 0.5) is 14.5 Å². The molecule has 2 rings (SSSR count). The number of carbonyl (C=O) groups excluding carboxylic acids is 1. The molecule has 0 fully saturated rings. The normalized spacial score (nSPS) is 10.4. The van der Waals surface area contributed by atoms with Crippen LogP contribution in [0.3, 0.4) is 0 Å². The number of rotatable bonds is 2. The molecule has 1 aromatic heterocycles. The molecule has 2 aromatic rings. The van der Waals surface area contributed by atoms with E-state index in [1.165, 1.54) is 12.1 Å². The van der Waals surface area contributed by atoms with Crippen molar-refractivity contribution < 1.29 is 13.6 Å². The lowest BCUT2D eigenvalue weighted by Gasteiger charge is -2.09. The second-order valence-electron chi connectivity index (χ2n) is 3.66. The molecule has 0 aliphatic rings. The molecule has 0 atom stereocenters. The van der Waals surface area contributed by atoms with E-state index in [0.29, 0.717) is 6.07 Å². The number of anilines is 1. The van der Waals surface area contributed by atoms with E-state index in [1.54, 1.807) is 0 Å². The maximum absolute atomic E-state index is 13.5. The summed E-state index contributed by atoms with van der Waals surface area (Å²) in [6.07, 6.45) is 0. The standard InChI is InChI=1S/C12H5Cl3F2N2O/c13-6-1-2-9(15)18-11(6)12(20)19-10-7(14)3-5(16)4-8(10)17/h1-4H,(H,19,20). The fourth-order valence-electron chi connectivity index (χ4n) is 1.41. The molecule has 0 unspecified atom stereocenters. The Hall–Kier alpha value is -1.43. The summed E-state index contributed by atoms with van der Waals surface area (Å²) in [6, 6.07) is 4.22. The van der Waals surface area contributed by atoms with Crippen LogP contribution in [0.5, 0.6) is 0 Å². The molecular weight excluding hydrogens is 333 g/mol. The summed E-state index contributed by atoms with van der Waals surface area (Å²) in [5.41, 5.74) is -0.560. The number of nitrogens with zero attached hydrogens (tertiary/aromatic N) is 1. The fourth-order valence-corrected chi connectivity index (χ4v) is 1.99. The van der Waals surface area contributed by atoms with Crippen molar-refractivity contribution in [1.29, 1.82) is 0 Å². The zero-order valence-corrected chi connectivity index (χ0v) is 11.8. The number of aromatic nitrogens is 1. The van der Waals surface area contributed by atoms with Crippen LogP contribution in [-0.4, -0.2) is 10.9 Å². The molecule has 20 heavy (non-hydrogen) atoms. The van der Waals surface area contributed by atoms with E-state index < -0.39 is 17.5 Å². The molecule has 1 aromatic carbocycles. The zero-order chi connectivity index (χ0) is 14.9. The van der Waals surface area contributed by atoms with Crippen molar-refractivity contribution in [2.75, 3.05) is 5.32 Å². The number of hydrogen-bond acceptors (Lipinski definition) is 2. The van der Waals surface area contributed by atoms with Crippen molar-refractivity contribution >= 4 is 46.4 Å². The Bertz CT molecular complexity index is 671. The molecule has 1 amide bonds. The number of pyridine rings is 1. The first kappa shape index (κ1) is 15.0. The third kappa shape index (κ3) is 3.17. The van der Waals surface area contributed by atoms with Crippen LogP contribution in [0.15, 0.2) is 24.3 Å². The van der Waals surface area contributed by atoms with E-state index in [4.69, 9.17) is 34.8 Å². The molecule has 0 radical (unpaired) electrons. The largest absolute Gasteiger partial charge is 0.317 e. The number of halogens is 5. The molecule has 3 nitrogen and oxygen atoms in total. The quantitative estimate of drug-likeness (QED) is 0.816. The van der Waals surface area contributed by atoms with Gasteiger partial charge >= 0.3 is 0 Å². The van der Waals surface area contributed by atoms with E-state index in [2.05, 4.69) is 10.3 Å². The van der Waals surface area contributed by atoms with E-state index in [0.717, 1.165) is 6.07 Å². The van der Waals surface area contributed by atoms with Crippen LogP contribution in [0.25, 0.3) is 0 Å². The molecule has 0 aliphatic carbocycles. The number of amides is 1. The number of nitrogens with one attached hydrogen (secondary N) is 1. The first-order chi connectivity index (χ1) is 9.38. The molecule has 0 saturated carbocycles. The van der Waals surface area contributed by atoms with Gasteiger partial charge in [0.15, 0.2) is 5.82 Å². The molecule has 8 heteroatoms. The number of carbonyl (C=O) groups is 1. The molecule has 0 saturated heterocycles. The Morgan fingerprint density at radius 3 is 2.45 bits per heavy atom. The SMILES string of the molecule is O=C(Nc1c(F)cc(F)cc1Cl)c1nc(Cl)ccc1Cl. The lowest BCUT2D eigenvalue weighted by atomic mass is 10.2. The van der Waals surface area contributed by atoms with Gasteiger partial charge in [-0.2, -0.15) is 0 Å². The van der Waals surface area contributed by atoms with Crippen LogP contribution in [-0.2, 0) is 0 Å². The van der Waals surface area contributed by atoms with Gasteiger partial charge < -0.3 is 5.32 Å². The summed E-state index contributed by atoms with van der Waals surface area (Å²) in [7, 11) is 0. The zero-order valence-electron chi connectivity index (χ0n) is 9.55. The Kier molecular flexibility index (Phi) is 4.42. The van der Waals surface area contributed by atoms with Crippen molar-refractivity contribution in [2.45, 2.75) is 0 Å². The molecule has 104 valence electrons. The van der Waals surface area contributed by atoms with Crippen LogP contribution in [0, 0.1) is 11.6 Å². The topological polar surface area (TPSA) is 42.0 Å². The monoisotopic (exact) mass is 336 g/mol. The average molecular weight is 338 g/mol. The molecule has 0 aliphatic heterocycles. The predicted molar refractivity (Wildman–Crippen MR) is 73.6 cm³/mol. The summed E-state index contributed by atoms with van der Waals surface area (Å²) >= 11 is 17.1. The summed E-state index contributed by atoms with van der Waals surface area (Å²) < 4.78 is 26.4. The van der Waals surface area contributed by atoms with E-state index in [9.17, 15) is 13.6 Å². The maximum atomic E-state index is 13.5. The predicted octanol–water partition coefficient (Wildman–Crippen LogP) is 4.57. The summed E-state index contributed by atoms with van der Waals surface area (Å²) in [6.45, 7) is 0. The Morgan fingerprint density at radius 2 is 1.80 bits per heavy atom. The lowest BCUT2D eigenvalue weighted by molar-refractivity contribution is 0.102. The van der Waals surface area contributed by atoms with Gasteiger partial charge in [0.2, 0.25) is 0 Å². The molecule has 0 spiro atoms. The fraction of sp³-hybridized carbons (Fsp3) is 0. The van der Waals surface area contributed by atoms with Gasteiger partial charge in [-0.3, -0.25) is 4.79 Å². The van der Waals surface area contributed by atoms with Gasteiger partial charge in [0.05, 0.1) is 15.7 Å². The number of hydrogen-bond donors (Lipinski definition) is 1. The van der Waals surface area contributed by atoms with Crippen molar-refractivity contribution in [3.05, 3.63) is 56.8 Å². The highest BCUT2D eigenvalue weighted by molar-refractivity contribution is 6.36. The van der Waals surface area contributed by atoms with Gasteiger partial charge in [-0.05, 0) is 18.2 Å². The highest BCUT2D eigenvalue weighted by Crippen LogP contribution is 2.27. The first-order valence-electron chi connectivity index (χ1n) is 5.16. The van der Waals surface area contributed by atoms with Crippen LogP contribution >= 0.6 is 34.8 Å². The van der Waals surface area contributed by atoms with Crippen LogP contribution < -0.4 is 5.32 Å². The van der Waals surface area contributed by atoms with Gasteiger partial charge in [-0.25, -0.2) is 13.8 Å². The average Bonchev–Trinajstić information content (AvgIpc) is 2.36. The lowest BCUT2D eigenvalue weighted by Crippen LogP contribution is -2.16. The Balaban J connectivity index is 2.35. The van der Waals surface area contributed by atoms with Crippen LogP contribution in [0.1, 0.15) is 10.5 Å². The van der Waals surface area contributed by atoms with Gasteiger partial charge in [-0.15, -0.1) is 0 Å². The highest BCUT2D eigenvalue weighted by Gasteiger charge is 2.17. The third-order valence-electron chi connectivity index (χ3n) is 2.27. The second-order valence-corrected chi connectivity index (χ2v) is 4.86. The van der Waals surface area contributed by atoms with Crippen molar-refractivity contribution in [1.82, 2.24) is 4.98 Å². The van der Waals surface area contributed by atoms with E-state index in [-0.39, 0.29) is 26.6 Å². The Morgan fingerprint density at radius 1 is 1.10 bits per heavy atom. The second kappa shape index (κ2) is 5.91. The summed E-state index contributed by atoms with van der Waals surface area (Å²) in [4.78, 5) is 15.7. The van der Waals surface area contributed by atoms with Gasteiger partial charge in [0.1, 0.15) is 16.7 Å². The van der Waals surface area contributed by atoms with Crippen LogP contribution in [0.2, 0.25) is 15.2 Å². The summed E-state index contributed by atoms with van der Waals surface area (Å²) in [5, 5.41) is 1.97. The molecule has 1 N–H and O–H groups in total. The summed E-state index contributed by atoms with van der Waals surface area (Å²) in [5.74, 6) is -2.68. The Labute approximate surface area is 127 Å². The minimum atomic E-state index is -1.01. The molecular formula is C12H5Cl3F2N2O. The highest BCUT2D eigenvalue weighted by atomic mass is 35.5. The van der Waals surface area contributed by atoms with Crippen molar-refractivity contribution in [2.24, 2.45) is 0 Å². The first-order valence-corrected chi connectivity index (χ1v) is 6.30. The van der Waals surface area contributed by atoms with Gasteiger partial charge in [0, 0.05) is 6.07 Å². The van der Waals surface area contributed by atoms with Crippen molar-refractivity contribution in [3.63, 3.8) is 0 Å². The van der Waals surface area contributed by atoms with E-state index in [1.807, 2.05) is 0 Å². The molecule has 0 bridgehead atoms. The smallest absolute Gasteiger partial charge is 0.275 e. The third-order valence-corrected chi connectivity index (χ3v) is 3.09. The van der Waals surface area contributed by atoms with E-state index >= 15 is 0 Å².